The number of hydrogen-bond acceptors (Lipinski definition) is 11. The lowest BCUT2D eigenvalue weighted by Crippen LogP contribution is -2.30. The number of rotatable bonds is 10. The van der Waals surface area contributed by atoms with E-state index < -0.39 is 23.1 Å². The van der Waals surface area contributed by atoms with E-state index in [1.165, 1.54) is 39.5 Å². The van der Waals surface area contributed by atoms with Gasteiger partial charge in [-0.1, -0.05) is 0 Å². The van der Waals surface area contributed by atoms with E-state index in [0.29, 0.717) is 35.9 Å². The third-order valence-corrected chi connectivity index (χ3v) is 7.00. The largest absolute Gasteiger partial charge is 0.502 e. The zero-order valence-electron chi connectivity index (χ0n) is 23.1. The summed E-state index contributed by atoms with van der Waals surface area (Å²) in [5.41, 5.74) is 1.97. The molecule has 2 N–H and O–H groups in total. The first-order chi connectivity index (χ1) is 19.2. The van der Waals surface area contributed by atoms with Crippen molar-refractivity contribution in [3.8, 4) is 34.5 Å². The number of methoxy groups -OCH3 is 5. The molecule has 1 aromatic heterocycles. The smallest absolute Gasteiger partial charge is 0.306 e. The highest BCUT2D eigenvalue weighted by atomic mass is 16.5. The normalized spacial score (nSPS) is 13.7. The van der Waals surface area contributed by atoms with E-state index in [9.17, 15) is 19.8 Å². The van der Waals surface area contributed by atoms with Crippen LogP contribution in [0.3, 0.4) is 0 Å². The maximum absolute atomic E-state index is 12.9. The van der Waals surface area contributed by atoms with Crippen LogP contribution < -0.4 is 24.4 Å². The molecule has 0 fully saturated rings. The molecule has 0 bridgehead atoms. The van der Waals surface area contributed by atoms with Gasteiger partial charge in [0.25, 0.3) is 0 Å². The van der Waals surface area contributed by atoms with Crippen molar-refractivity contribution < 1.29 is 43.1 Å². The molecule has 1 atom stereocenters. The molecule has 0 aliphatic carbocycles. The molecule has 2 heterocycles. The molecule has 11 nitrogen and oxygen atoms in total. The quantitative estimate of drug-likeness (QED) is 0.356. The third kappa shape index (κ3) is 5.79. The van der Waals surface area contributed by atoms with Crippen molar-refractivity contribution in [2.45, 2.75) is 31.8 Å². The van der Waals surface area contributed by atoms with Crippen LogP contribution >= 0.6 is 0 Å². The lowest BCUT2D eigenvalue weighted by atomic mass is 9.91. The van der Waals surface area contributed by atoms with Gasteiger partial charge in [-0.2, -0.15) is 0 Å². The van der Waals surface area contributed by atoms with Crippen LogP contribution in [0.1, 0.15) is 40.5 Å². The highest BCUT2D eigenvalue weighted by Crippen LogP contribution is 2.43. The van der Waals surface area contributed by atoms with E-state index in [4.69, 9.17) is 28.1 Å². The maximum atomic E-state index is 12.9. The first kappa shape index (κ1) is 28.6. The van der Waals surface area contributed by atoms with Crippen LogP contribution in [0.15, 0.2) is 39.5 Å². The fourth-order valence-corrected chi connectivity index (χ4v) is 4.89. The van der Waals surface area contributed by atoms with Gasteiger partial charge in [-0.05, 0) is 47.4 Å². The SMILES string of the molecule is COC(=O)C[C@H](c1cc(OC)c(O)c(OC)c1)c1oc(CN2CCc3cc(OC)c(OC)cc3C2)cc(=O)c1O. The Morgan fingerprint density at radius 1 is 0.875 bits per heavy atom. The van der Waals surface area contributed by atoms with Crippen molar-refractivity contribution >= 4 is 5.97 Å². The van der Waals surface area contributed by atoms with Crippen molar-refractivity contribution in [3.63, 3.8) is 0 Å². The summed E-state index contributed by atoms with van der Waals surface area (Å²) in [6.07, 6.45) is 0.495. The molecule has 2 aromatic carbocycles. The first-order valence-corrected chi connectivity index (χ1v) is 12.6. The fourth-order valence-electron chi connectivity index (χ4n) is 4.89. The van der Waals surface area contributed by atoms with E-state index in [1.54, 1.807) is 14.2 Å². The Morgan fingerprint density at radius 2 is 1.48 bits per heavy atom. The van der Waals surface area contributed by atoms with Gasteiger partial charge >= 0.3 is 5.97 Å². The molecule has 0 unspecified atom stereocenters. The van der Waals surface area contributed by atoms with Crippen molar-refractivity contribution in [1.29, 1.82) is 0 Å². The van der Waals surface area contributed by atoms with Crippen LogP contribution in [-0.4, -0.2) is 63.2 Å². The summed E-state index contributed by atoms with van der Waals surface area (Å²) >= 11 is 0. The van der Waals surface area contributed by atoms with Gasteiger partial charge in [0.1, 0.15) is 5.76 Å². The number of phenols is 1. The second-order valence-corrected chi connectivity index (χ2v) is 9.33. The summed E-state index contributed by atoms with van der Waals surface area (Å²) in [5, 5.41) is 21.1. The van der Waals surface area contributed by atoms with Crippen LogP contribution in [0, 0.1) is 0 Å². The zero-order chi connectivity index (χ0) is 29.0. The van der Waals surface area contributed by atoms with Crippen molar-refractivity contribution in [2.75, 3.05) is 42.1 Å². The Balaban J connectivity index is 1.71. The predicted octanol–water partition coefficient (Wildman–Crippen LogP) is 3.34. The van der Waals surface area contributed by atoms with E-state index in [-0.39, 0.29) is 36.0 Å². The third-order valence-electron chi connectivity index (χ3n) is 7.00. The molecular weight excluding hydrogens is 522 g/mol. The first-order valence-electron chi connectivity index (χ1n) is 12.6. The van der Waals surface area contributed by atoms with Gasteiger partial charge in [-0.15, -0.1) is 0 Å². The van der Waals surface area contributed by atoms with Crippen LogP contribution in [-0.2, 0) is 29.0 Å². The summed E-state index contributed by atoms with van der Waals surface area (Å²) in [7, 11) is 7.16. The van der Waals surface area contributed by atoms with Gasteiger partial charge in [-0.25, -0.2) is 0 Å². The van der Waals surface area contributed by atoms with Gasteiger partial charge < -0.3 is 38.3 Å². The number of carbonyl (C=O) groups is 1. The summed E-state index contributed by atoms with van der Waals surface area (Å²) in [4.78, 5) is 27.4. The molecule has 4 rings (SSSR count). The molecule has 0 saturated carbocycles. The second-order valence-electron chi connectivity index (χ2n) is 9.33. The Bertz CT molecular complexity index is 1420. The average molecular weight is 556 g/mol. The number of benzene rings is 2. The predicted molar refractivity (Wildman–Crippen MR) is 144 cm³/mol. The van der Waals surface area contributed by atoms with E-state index in [2.05, 4.69) is 4.90 Å². The molecule has 1 aliphatic heterocycles. The number of aromatic hydroxyl groups is 2. The van der Waals surface area contributed by atoms with Gasteiger partial charge in [0.2, 0.25) is 16.9 Å². The van der Waals surface area contributed by atoms with Crippen LogP contribution in [0.5, 0.6) is 34.5 Å². The molecule has 0 spiro atoms. The summed E-state index contributed by atoms with van der Waals surface area (Å²) < 4.78 is 32.4. The Kier molecular flexibility index (Phi) is 8.73. The number of nitrogens with zero attached hydrogens (tertiary/aromatic N) is 1. The minimum Gasteiger partial charge on any atom is -0.502 e. The molecule has 214 valence electrons. The number of fused-ring (bicyclic) bond motifs is 1. The Hall–Kier alpha value is -4.38. The molecule has 11 heteroatoms. The molecule has 40 heavy (non-hydrogen) atoms. The topological polar surface area (TPSA) is 137 Å². The lowest BCUT2D eigenvalue weighted by Gasteiger charge is -2.29. The minimum atomic E-state index is -0.942. The second kappa shape index (κ2) is 12.2. The summed E-state index contributed by atoms with van der Waals surface area (Å²) in [6, 6.07) is 8.14. The average Bonchev–Trinajstić information content (AvgIpc) is 2.97. The van der Waals surface area contributed by atoms with E-state index >= 15 is 0 Å². The Morgan fingerprint density at radius 3 is 2.05 bits per heavy atom. The number of phenolic OH excluding ortho intramolecular Hbond substituents is 1. The monoisotopic (exact) mass is 555 g/mol. The molecule has 0 saturated heterocycles. The highest BCUT2D eigenvalue weighted by molar-refractivity contribution is 5.71. The number of hydrogen-bond donors (Lipinski definition) is 2. The molecule has 0 radical (unpaired) electrons. The summed E-state index contributed by atoms with van der Waals surface area (Å²) in [6.45, 7) is 1.55. The molecular formula is C29H33NO10. The molecule has 0 amide bonds. The van der Waals surface area contributed by atoms with Crippen LogP contribution in [0.4, 0.5) is 0 Å². The van der Waals surface area contributed by atoms with Crippen molar-refractivity contribution in [3.05, 3.63) is 68.8 Å². The molecule has 1 aliphatic rings. The number of ether oxygens (including phenoxy) is 5. The van der Waals surface area contributed by atoms with E-state index in [1.807, 2.05) is 12.1 Å². The summed E-state index contributed by atoms with van der Waals surface area (Å²) in [5.74, 6) is -0.713. The molecule has 3 aromatic rings. The van der Waals surface area contributed by atoms with Crippen molar-refractivity contribution in [1.82, 2.24) is 4.90 Å². The number of esters is 1. The minimum absolute atomic E-state index is 0.0845. The maximum Gasteiger partial charge on any atom is 0.306 e. The number of carbonyl (C=O) groups excluding carboxylic acids is 1. The zero-order valence-corrected chi connectivity index (χ0v) is 23.1. The fraction of sp³-hybridized carbons (Fsp3) is 0.379. The van der Waals surface area contributed by atoms with E-state index in [0.717, 1.165) is 17.5 Å². The lowest BCUT2D eigenvalue weighted by molar-refractivity contribution is -0.140. The van der Waals surface area contributed by atoms with Gasteiger partial charge in [0, 0.05) is 19.2 Å². The standard InChI is InChI=1S/C29H33NO10/c1-35-22-8-16-6-7-30(14-18(16)11-23(22)36-2)15-19-12-21(31)27(33)29(40-19)20(13-26(32)39-5)17-9-24(37-3)28(34)25(10-17)38-4/h8-12,20,33-34H,6-7,13-15H2,1-5H3/t20-/m1/s1. The van der Waals surface area contributed by atoms with Crippen LogP contribution in [0.2, 0.25) is 0 Å². The van der Waals surface area contributed by atoms with Crippen molar-refractivity contribution in [2.24, 2.45) is 0 Å². The van der Waals surface area contributed by atoms with Crippen LogP contribution in [0.25, 0.3) is 0 Å². The van der Waals surface area contributed by atoms with Gasteiger partial charge in [-0.3, -0.25) is 14.5 Å². The highest BCUT2D eigenvalue weighted by Gasteiger charge is 2.29. The Labute approximate surface area is 231 Å². The van der Waals surface area contributed by atoms with Gasteiger partial charge in [0.15, 0.2) is 28.8 Å². The van der Waals surface area contributed by atoms with Gasteiger partial charge in [0.05, 0.1) is 54.4 Å².